The first-order valence-corrected chi connectivity index (χ1v) is 3.27. The smallest absolute Gasteiger partial charge is 0.256 e. The predicted octanol–water partition coefficient (Wildman–Crippen LogP) is 0.258. The number of rotatable bonds is 0. The van der Waals surface area contributed by atoms with Gasteiger partial charge in [-0.1, -0.05) is 0 Å². The zero-order valence-electron chi connectivity index (χ0n) is 5.72. The van der Waals surface area contributed by atoms with Gasteiger partial charge in [0.1, 0.15) is 0 Å². The maximum absolute atomic E-state index is 10.9. The molecule has 54 valence electrons. The molecule has 1 spiro atoms. The van der Waals surface area contributed by atoms with Crippen molar-refractivity contribution < 1.29 is 14.3 Å². The Morgan fingerprint density at radius 2 is 2.10 bits per heavy atom. The first-order valence-electron chi connectivity index (χ1n) is 3.27. The Balaban J connectivity index is 2.32. The van der Waals surface area contributed by atoms with Crippen LogP contribution < -0.4 is 0 Å². The van der Waals surface area contributed by atoms with Crippen molar-refractivity contribution in [3.63, 3.8) is 0 Å². The summed E-state index contributed by atoms with van der Waals surface area (Å²) >= 11 is 0. The minimum Gasteiger partial charge on any atom is -0.338 e. The molecule has 3 heteroatoms. The molecule has 0 saturated carbocycles. The quantitative estimate of drug-likeness (QED) is 0.484. The molecule has 1 fully saturated rings. The summed E-state index contributed by atoms with van der Waals surface area (Å²) in [4.78, 5) is 10.9. The minimum atomic E-state index is -0.944. The SMILES string of the molecule is CC1=CC(=O)C12OCCO2. The lowest BCUT2D eigenvalue weighted by molar-refractivity contribution is -0.169. The summed E-state index contributed by atoms with van der Waals surface area (Å²) in [6.07, 6.45) is 1.55. The zero-order chi connectivity index (χ0) is 7.19. The molecule has 1 saturated heterocycles. The lowest BCUT2D eigenvalue weighted by Gasteiger charge is -2.31. The van der Waals surface area contributed by atoms with Crippen LogP contribution in [0.4, 0.5) is 0 Å². The molecule has 0 amide bonds. The summed E-state index contributed by atoms with van der Waals surface area (Å²) < 4.78 is 10.3. The van der Waals surface area contributed by atoms with E-state index in [0.717, 1.165) is 5.57 Å². The average Bonchev–Trinajstić information content (AvgIpc) is 2.37. The third kappa shape index (κ3) is 0.496. The van der Waals surface area contributed by atoms with Crippen LogP contribution in [0.3, 0.4) is 0 Å². The fraction of sp³-hybridized carbons (Fsp3) is 0.571. The summed E-state index contributed by atoms with van der Waals surface area (Å²) in [5, 5.41) is 0. The van der Waals surface area contributed by atoms with Gasteiger partial charge >= 0.3 is 0 Å². The average molecular weight is 140 g/mol. The van der Waals surface area contributed by atoms with Gasteiger partial charge in [-0.15, -0.1) is 0 Å². The molecule has 0 aromatic heterocycles. The molecule has 3 nitrogen and oxygen atoms in total. The highest BCUT2D eigenvalue weighted by molar-refractivity contribution is 6.06. The summed E-state index contributed by atoms with van der Waals surface area (Å²) in [5.74, 6) is -0.998. The molecule has 2 rings (SSSR count). The van der Waals surface area contributed by atoms with Crippen LogP contribution in [0.2, 0.25) is 0 Å². The zero-order valence-corrected chi connectivity index (χ0v) is 5.72. The summed E-state index contributed by atoms with van der Waals surface area (Å²) in [6, 6.07) is 0. The maximum Gasteiger partial charge on any atom is 0.256 e. The Hall–Kier alpha value is -0.670. The molecule has 0 radical (unpaired) electrons. The molecule has 1 aliphatic carbocycles. The molecule has 0 atom stereocenters. The number of ketones is 1. The molecule has 10 heavy (non-hydrogen) atoms. The number of hydrogen-bond acceptors (Lipinski definition) is 3. The van der Waals surface area contributed by atoms with Crippen molar-refractivity contribution in [2.75, 3.05) is 13.2 Å². The Morgan fingerprint density at radius 3 is 2.40 bits per heavy atom. The van der Waals surface area contributed by atoms with Crippen molar-refractivity contribution in [3.05, 3.63) is 11.6 Å². The lowest BCUT2D eigenvalue weighted by atomic mass is 9.90. The van der Waals surface area contributed by atoms with Crippen molar-refractivity contribution in [1.29, 1.82) is 0 Å². The second kappa shape index (κ2) is 1.68. The summed E-state index contributed by atoms with van der Waals surface area (Å²) in [5.41, 5.74) is 0.884. The van der Waals surface area contributed by atoms with E-state index in [-0.39, 0.29) is 5.78 Å². The Kier molecular flexibility index (Phi) is 1.02. The van der Waals surface area contributed by atoms with E-state index in [9.17, 15) is 4.79 Å². The van der Waals surface area contributed by atoms with Gasteiger partial charge in [-0.3, -0.25) is 4.79 Å². The van der Waals surface area contributed by atoms with Crippen LogP contribution in [0.25, 0.3) is 0 Å². The van der Waals surface area contributed by atoms with Crippen LogP contribution in [-0.2, 0) is 14.3 Å². The van der Waals surface area contributed by atoms with Crippen LogP contribution in [-0.4, -0.2) is 24.8 Å². The van der Waals surface area contributed by atoms with Crippen molar-refractivity contribution in [1.82, 2.24) is 0 Å². The second-order valence-electron chi connectivity index (χ2n) is 2.51. The molecule has 2 aliphatic rings. The van der Waals surface area contributed by atoms with Gasteiger partial charge < -0.3 is 9.47 Å². The molecule has 1 aliphatic heterocycles. The van der Waals surface area contributed by atoms with Gasteiger partial charge in [0.15, 0.2) is 0 Å². The highest BCUT2D eigenvalue weighted by Gasteiger charge is 2.51. The van der Waals surface area contributed by atoms with Gasteiger partial charge in [0, 0.05) is 0 Å². The van der Waals surface area contributed by atoms with Crippen LogP contribution in [0, 0.1) is 0 Å². The molecule has 1 heterocycles. The number of carbonyl (C=O) groups is 1. The van der Waals surface area contributed by atoms with Crippen molar-refractivity contribution in [3.8, 4) is 0 Å². The minimum absolute atomic E-state index is 0.0532. The Morgan fingerprint density at radius 1 is 1.50 bits per heavy atom. The van der Waals surface area contributed by atoms with E-state index in [0.29, 0.717) is 13.2 Å². The monoisotopic (exact) mass is 140 g/mol. The first-order chi connectivity index (χ1) is 4.76. The number of carbonyl (C=O) groups excluding carboxylic acids is 1. The molecular formula is C7H8O3. The van der Waals surface area contributed by atoms with Gasteiger partial charge in [-0.05, 0) is 18.6 Å². The summed E-state index contributed by atoms with van der Waals surface area (Å²) in [6.45, 7) is 2.89. The third-order valence-corrected chi connectivity index (χ3v) is 1.89. The molecule has 0 aromatic rings. The lowest BCUT2D eigenvalue weighted by Crippen LogP contribution is -2.47. The van der Waals surface area contributed by atoms with Gasteiger partial charge in [0.25, 0.3) is 5.79 Å². The highest BCUT2D eigenvalue weighted by Crippen LogP contribution is 2.36. The van der Waals surface area contributed by atoms with Crippen LogP contribution in [0.5, 0.6) is 0 Å². The topological polar surface area (TPSA) is 35.5 Å². The van der Waals surface area contributed by atoms with Crippen molar-refractivity contribution >= 4 is 5.78 Å². The number of hydrogen-bond donors (Lipinski definition) is 0. The van der Waals surface area contributed by atoms with Crippen LogP contribution in [0.1, 0.15) is 6.92 Å². The van der Waals surface area contributed by atoms with Gasteiger partial charge in [0.2, 0.25) is 5.78 Å². The van der Waals surface area contributed by atoms with Crippen molar-refractivity contribution in [2.45, 2.75) is 12.7 Å². The summed E-state index contributed by atoms with van der Waals surface area (Å²) in [7, 11) is 0. The van der Waals surface area contributed by atoms with E-state index in [1.165, 1.54) is 0 Å². The second-order valence-corrected chi connectivity index (χ2v) is 2.51. The highest BCUT2D eigenvalue weighted by atomic mass is 16.7. The normalized spacial score (nSPS) is 28.5. The Bertz CT molecular complexity index is 211. The molecule has 0 unspecified atom stereocenters. The fourth-order valence-corrected chi connectivity index (χ4v) is 1.29. The van der Waals surface area contributed by atoms with Gasteiger partial charge in [-0.2, -0.15) is 0 Å². The third-order valence-electron chi connectivity index (χ3n) is 1.89. The van der Waals surface area contributed by atoms with E-state index in [1.54, 1.807) is 6.08 Å². The molecule has 0 aromatic carbocycles. The van der Waals surface area contributed by atoms with E-state index < -0.39 is 5.79 Å². The molecule has 0 N–H and O–H groups in total. The van der Waals surface area contributed by atoms with E-state index in [1.807, 2.05) is 6.92 Å². The first kappa shape index (κ1) is 6.07. The van der Waals surface area contributed by atoms with E-state index >= 15 is 0 Å². The van der Waals surface area contributed by atoms with E-state index in [4.69, 9.17) is 9.47 Å². The van der Waals surface area contributed by atoms with Gasteiger partial charge in [0.05, 0.1) is 13.2 Å². The largest absolute Gasteiger partial charge is 0.338 e. The van der Waals surface area contributed by atoms with Crippen LogP contribution >= 0.6 is 0 Å². The fourth-order valence-electron chi connectivity index (χ4n) is 1.29. The Labute approximate surface area is 58.6 Å². The molecular weight excluding hydrogens is 132 g/mol. The standard InChI is InChI=1S/C7H8O3/c1-5-4-6(8)7(5)9-2-3-10-7/h4H,2-3H2,1H3. The maximum atomic E-state index is 10.9. The number of ether oxygens (including phenoxy) is 2. The van der Waals surface area contributed by atoms with Crippen molar-refractivity contribution in [2.24, 2.45) is 0 Å². The van der Waals surface area contributed by atoms with E-state index in [2.05, 4.69) is 0 Å². The van der Waals surface area contributed by atoms with Crippen LogP contribution in [0.15, 0.2) is 11.6 Å². The predicted molar refractivity (Wildman–Crippen MR) is 33.4 cm³/mol. The van der Waals surface area contributed by atoms with Gasteiger partial charge in [-0.25, -0.2) is 0 Å². The molecule has 0 bridgehead atoms.